The number of carbonyl (C=O) groups excluding carboxylic acids is 6. The van der Waals surface area contributed by atoms with Gasteiger partial charge in [-0.2, -0.15) is 0 Å². The molecular weight excluding hydrogens is 494 g/mol. The Morgan fingerprint density at radius 2 is 1.03 bits per heavy atom. The first-order chi connectivity index (χ1) is 18.0. The molecule has 0 aromatic heterocycles. The van der Waals surface area contributed by atoms with E-state index in [0.29, 0.717) is 18.7 Å². The Bertz CT molecular complexity index is 855. The Hall–Kier alpha value is -3.47. The molecule has 0 saturated carbocycles. The number of rotatable bonds is 16. The summed E-state index contributed by atoms with van der Waals surface area (Å²) in [5.41, 5.74) is 3.42. The van der Waals surface area contributed by atoms with Crippen LogP contribution in [0.4, 0.5) is 0 Å². The van der Waals surface area contributed by atoms with Crippen LogP contribution in [0, 0.1) is 0 Å². The average molecular weight is 537 g/mol. The fraction of sp³-hybridized carbons (Fsp3) is 0.593. The van der Waals surface area contributed by atoms with Gasteiger partial charge in [-0.25, -0.2) is 0 Å². The van der Waals surface area contributed by atoms with Crippen molar-refractivity contribution >= 4 is 41.2 Å². The predicted molar refractivity (Wildman–Crippen MR) is 139 cm³/mol. The average Bonchev–Trinajstić information content (AvgIpc) is 3.37. The van der Waals surface area contributed by atoms with E-state index in [9.17, 15) is 28.8 Å². The summed E-state index contributed by atoms with van der Waals surface area (Å²) in [4.78, 5) is 77.9. The number of hydrogen-bond donors (Lipinski definition) is 2. The van der Waals surface area contributed by atoms with Crippen LogP contribution in [0.3, 0.4) is 0 Å². The van der Waals surface area contributed by atoms with Gasteiger partial charge in [-0.15, -0.1) is 0 Å². The van der Waals surface area contributed by atoms with E-state index in [-0.39, 0.29) is 48.9 Å². The number of ketones is 2. The molecule has 11 nitrogen and oxygen atoms in total. The molecule has 0 aromatic carbocycles. The molecule has 0 aromatic rings. The summed E-state index contributed by atoms with van der Waals surface area (Å²) >= 11 is 0. The van der Waals surface area contributed by atoms with Gasteiger partial charge in [0.05, 0.1) is 0 Å². The third-order valence-corrected chi connectivity index (χ3v) is 5.68. The van der Waals surface area contributed by atoms with Crippen LogP contribution in [0.1, 0.15) is 84.5 Å². The van der Waals surface area contributed by atoms with Gasteiger partial charge in [0.25, 0.3) is 29.6 Å². The first-order valence-corrected chi connectivity index (χ1v) is 13.1. The van der Waals surface area contributed by atoms with Crippen molar-refractivity contribution in [1.29, 1.82) is 0 Å². The van der Waals surface area contributed by atoms with Crippen molar-refractivity contribution < 1.29 is 44.4 Å². The van der Waals surface area contributed by atoms with Crippen molar-refractivity contribution in [2.75, 3.05) is 19.6 Å². The summed E-state index contributed by atoms with van der Waals surface area (Å²) in [6.45, 7) is 3.91. The van der Waals surface area contributed by atoms with Crippen LogP contribution in [0.15, 0.2) is 24.3 Å². The van der Waals surface area contributed by atoms with E-state index < -0.39 is 5.97 Å². The quantitative estimate of drug-likeness (QED) is 0.221. The molecule has 0 spiro atoms. The fourth-order valence-electron chi connectivity index (χ4n) is 3.49. The molecule has 0 radical (unpaired) electrons. The molecule has 0 saturated heterocycles. The summed E-state index contributed by atoms with van der Waals surface area (Å²) < 4.78 is 0. The first kappa shape index (κ1) is 34.5. The van der Waals surface area contributed by atoms with Crippen molar-refractivity contribution in [2.24, 2.45) is 0 Å². The molecule has 0 aliphatic carbocycles. The maximum Gasteiger partial charge on any atom is 0.300 e. The number of carbonyl (C=O) groups is 7. The van der Waals surface area contributed by atoms with Crippen LogP contribution in [0.25, 0.3) is 0 Å². The second kappa shape index (κ2) is 20.6. The van der Waals surface area contributed by atoms with Gasteiger partial charge >= 0.3 is 0 Å². The van der Waals surface area contributed by atoms with Crippen LogP contribution in [-0.4, -0.2) is 75.7 Å². The molecule has 0 bridgehead atoms. The zero-order valence-electron chi connectivity index (χ0n) is 22.6. The molecule has 4 amide bonds. The van der Waals surface area contributed by atoms with Crippen LogP contribution in [-0.2, 0) is 33.6 Å². The molecule has 0 fully saturated rings. The molecule has 2 aliphatic heterocycles. The standard InChI is InChI=1S/C17H27NO3.C8H10N2O3.C2H4O2/c1-2-15(19)11-9-7-5-3-4-6-8-10-14-18-16(20)12-13-17(18)21;9-5-6(11)3-4-10-7(12)1-2-8(10)13;1-2(3)4/h12-13H,2-11,14H2,1H3;1-2H,3-5,9H2;1H3,(H,3,4)/p+1. The lowest BCUT2D eigenvalue weighted by molar-refractivity contribution is -0.354. The SMILES string of the molecule is CC(=O)O.CCC(=O)CCCCCCCCCCN1C(=O)C=CC1=O.[NH3+]CC(=O)CCN1C(=O)C=CC1=O. The smallest absolute Gasteiger partial charge is 0.300 e. The van der Waals surface area contributed by atoms with E-state index in [1.54, 1.807) is 0 Å². The van der Waals surface area contributed by atoms with E-state index >= 15 is 0 Å². The number of nitrogens with zero attached hydrogens (tertiary/aromatic N) is 2. The third-order valence-electron chi connectivity index (χ3n) is 5.68. The summed E-state index contributed by atoms with van der Waals surface area (Å²) in [7, 11) is 0. The van der Waals surface area contributed by atoms with E-state index in [2.05, 4.69) is 5.73 Å². The zero-order valence-corrected chi connectivity index (χ0v) is 22.6. The highest BCUT2D eigenvalue weighted by Gasteiger charge is 2.23. The van der Waals surface area contributed by atoms with Gasteiger partial charge in [0.1, 0.15) is 12.3 Å². The minimum atomic E-state index is -0.833. The van der Waals surface area contributed by atoms with Crippen molar-refractivity contribution in [1.82, 2.24) is 9.80 Å². The number of hydrogen-bond acceptors (Lipinski definition) is 7. The summed E-state index contributed by atoms with van der Waals surface area (Å²) in [6.07, 6.45) is 15.6. The lowest BCUT2D eigenvalue weighted by atomic mass is 10.1. The Balaban J connectivity index is 0.000000682. The highest BCUT2D eigenvalue weighted by molar-refractivity contribution is 6.13. The lowest BCUT2D eigenvalue weighted by Gasteiger charge is -2.12. The van der Waals surface area contributed by atoms with E-state index in [0.717, 1.165) is 50.3 Å². The van der Waals surface area contributed by atoms with Gasteiger partial charge in [0.2, 0.25) is 0 Å². The molecule has 212 valence electrons. The number of carboxylic acid groups (broad SMARTS) is 1. The zero-order chi connectivity index (χ0) is 28.9. The van der Waals surface area contributed by atoms with E-state index in [1.807, 2.05) is 6.92 Å². The van der Waals surface area contributed by atoms with Gasteiger partial charge in [-0.3, -0.25) is 43.4 Å². The predicted octanol–water partition coefficient (Wildman–Crippen LogP) is 1.60. The van der Waals surface area contributed by atoms with Crippen molar-refractivity contribution in [3.05, 3.63) is 24.3 Å². The number of aliphatic carboxylic acids is 1. The van der Waals surface area contributed by atoms with Crippen molar-refractivity contribution in [2.45, 2.75) is 84.5 Å². The number of amides is 4. The molecule has 2 rings (SSSR count). The number of imide groups is 2. The minimum absolute atomic E-state index is 0.0486. The summed E-state index contributed by atoms with van der Waals surface area (Å²) in [5.74, 6) is -1.56. The Morgan fingerprint density at radius 3 is 1.42 bits per heavy atom. The monoisotopic (exact) mass is 536 g/mol. The molecule has 0 atom stereocenters. The maximum atomic E-state index is 11.3. The Morgan fingerprint density at radius 1 is 0.658 bits per heavy atom. The number of quaternary nitrogens is 1. The topological polar surface area (TPSA) is 174 Å². The molecule has 0 unspecified atom stereocenters. The van der Waals surface area contributed by atoms with E-state index in [4.69, 9.17) is 9.90 Å². The highest BCUT2D eigenvalue weighted by Crippen LogP contribution is 2.12. The molecule has 38 heavy (non-hydrogen) atoms. The van der Waals surface area contributed by atoms with Crippen LogP contribution < -0.4 is 5.73 Å². The fourth-order valence-corrected chi connectivity index (χ4v) is 3.49. The van der Waals surface area contributed by atoms with Crippen LogP contribution in [0.2, 0.25) is 0 Å². The van der Waals surface area contributed by atoms with Gasteiger partial charge in [0, 0.05) is 63.6 Å². The lowest BCUT2D eigenvalue weighted by Crippen LogP contribution is -2.54. The second-order valence-electron chi connectivity index (χ2n) is 8.85. The van der Waals surface area contributed by atoms with Gasteiger partial charge in [-0.1, -0.05) is 45.4 Å². The van der Waals surface area contributed by atoms with Crippen LogP contribution in [0.5, 0.6) is 0 Å². The van der Waals surface area contributed by atoms with Crippen molar-refractivity contribution in [3.8, 4) is 0 Å². The van der Waals surface area contributed by atoms with Crippen LogP contribution >= 0.6 is 0 Å². The molecule has 2 heterocycles. The maximum absolute atomic E-state index is 11.3. The molecule has 4 N–H and O–H groups in total. The Kier molecular flexibility index (Phi) is 18.7. The Labute approximate surface area is 224 Å². The highest BCUT2D eigenvalue weighted by atomic mass is 16.4. The van der Waals surface area contributed by atoms with Gasteiger partial charge in [0.15, 0.2) is 5.78 Å². The second-order valence-corrected chi connectivity index (χ2v) is 8.85. The first-order valence-electron chi connectivity index (χ1n) is 13.1. The number of carboxylic acids is 1. The number of unbranched alkanes of at least 4 members (excludes halogenated alkanes) is 7. The van der Waals surface area contributed by atoms with Gasteiger partial charge in [-0.05, 0) is 12.8 Å². The molecule has 2 aliphatic rings. The minimum Gasteiger partial charge on any atom is -0.481 e. The van der Waals surface area contributed by atoms with Crippen molar-refractivity contribution in [3.63, 3.8) is 0 Å². The third kappa shape index (κ3) is 16.3. The normalized spacial score (nSPS) is 13.9. The number of Topliss-reactive ketones (excluding diaryl/α,β-unsaturated/α-hetero) is 2. The largest absolute Gasteiger partial charge is 0.481 e. The molecule has 11 heteroatoms. The summed E-state index contributed by atoms with van der Waals surface area (Å²) in [6, 6.07) is 0. The van der Waals surface area contributed by atoms with Gasteiger partial charge < -0.3 is 10.8 Å². The van der Waals surface area contributed by atoms with E-state index in [1.165, 1.54) is 48.5 Å². The summed E-state index contributed by atoms with van der Waals surface area (Å²) in [5, 5.41) is 7.42. The molecular formula is C27H42N3O8+.